The van der Waals surface area contributed by atoms with Crippen molar-refractivity contribution in [3.8, 4) is 0 Å². The minimum atomic E-state index is -0.905. The molecule has 0 aromatic carbocycles. The Hall–Kier alpha value is -0.930. The van der Waals surface area contributed by atoms with Gasteiger partial charge in [-0.2, -0.15) is 0 Å². The molecule has 11 heavy (non-hydrogen) atoms. The molecule has 4 heteroatoms. The van der Waals surface area contributed by atoms with Crippen LogP contribution in [0.1, 0.15) is 32.1 Å². The lowest BCUT2D eigenvalue weighted by molar-refractivity contribution is -0.508. The van der Waals surface area contributed by atoms with E-state index in [1.807, 2.05) is 0 Å². The normalized spacial score (nSPS) is 26.2. The van der Waals surface area contributed by atoms with Gasteiger partial charge in [0.15, 0.2) is 0 Å². The Kier molecular flexibility index (Phi) is 2.57. The first-order chi connectivity index (χ1) is 5.22. The van der Waals surface area contributed by atoms with Gasteiger partial charge in [-0.3, -0.25) is 14.9 Å². The van der Waals surface area contributed by atoms with Gasteiger partial charge < -0.3 is 0 Å². The highest BCUT2D eigenvalue weighted by atomic mass is 16.6. The summed E-state index contributed by atoms with van der Waals surface area (Å²) in [5, 5.41) is 10.3. The van der Waals surface area contributed by atoms with E-state index >= 15 is 0 Å². The van der Waals surface area contributed by atoms with Crippen LogP contribution in [0, 0.1) is 10.1 Å². The average molecular weight is 157 g/mol. The van der Waals surface area contributed by atoms with Crippen molar-refractivity contribution >= 4 is 5.78 Å². The van der Waals surface area contributed by atoms with Gasteiger partial charge in [0, 0.05) is 17.8 Å². The third-order valence-electron chi connectivity index (χ3n) is 2.03. The van der Waals surface area contributed by atoms with E-state index in [1.165, 1.54) is 0 Å². The molecule has 0 aliphatic heterocycles. The molecule has 62 valence electrons. The van der Waals surface area contributed by atoms with Crippen LogP contribution in [0.2, 0.25) is 0 Å². The summed E-state index contributed by atoms with van der Waals surface area (Å²) in [5.41, 5.74) is 0. The molecule has 1 fully saturated rings. The number of Topliss-reactive ketones (excluding diaryl/α,β-unsaturated/α-hetero) is 1. The standard InChI is InChI=1S/C7H11NO3/c9-7-5-3-1-2-4-6(7)8(10)11/h6H,1-5H2/t6-/m0/s1. The Labute approximate surface area is 64.7 Å². The molecule has 1 aliphatic carbocycles. The quantitative estimate of drug-likeness (QED) is 0.326. The smallest absolute Gasteiger partial charge is 0.270 e. The highest BCUT2D eigenvalue weighted by molar-refractivity contribution is 5.82. The topological polar surface area (TPSA) is 60.2 Å². The van der Waals surface area contributed by atoms with Gasteiger partial charge in [-0.25, -0.2) is 0 Å². The number of nitrogens with zero attached hydrogens (tertiary/aromatic N) is 1. The first-order valence-electron chi connectivity index (χ1n) is 3.88. The van der Waals surface area contributed by atoms with Gasteiger partial charge in [-0.1, -0.05) is 6.42 Å². The zero-order valence-corrected chi connectivity index (χ0v) is 6.28. The van der Waals surface area contributed by atoms with E-state index < -0.39 is 11.0 Å². The third-order valence-corrected chi connectivity index (χ3v) is 2.03. The summed E-state index contributed by atoms with van der Waals surface area (Å²) in [6, 6.07) is -0.905. The highest BCUT2D eigenvalue weighted by Gasteiger charge is 2.29. The Bertz CT molecular complexity index is 179. The van der Waals surface area contributed by atoms with Gasteiger partial charge in [-0.05, 0) is 12.8 Å². The molecule has 0 aromatic rings. The van der Waals surface area contributed by atoms with Crippen molar-refractivity contribution in [2.45, 2.75) is 38.1 Å². The molecular formula is C7H11NO3. The minimum absolute atomic E-state index is 0.187. The van der Waals surface area contributed by atoms with Crippen LogP contribution in [-0.2, 0) is 4.79 Å². The summed E-state index contributed by atoms with van der Waals surface area (Å²) in [4.78, 5) is 20.9. The molecule has 0 radical (unpaired) electrons. The Morgan fingerprint density at radius 1 is 1.36 bits per heavy atom. The number of rotatable bonds is 1. The van der Waals surface area contributed by atoms with E-state index in [-0.39, 0.29) is 5.78 Å². The predicted octanol–water partition coefficient (Wildman–Crippen LogP) is 1.16. The van der Waals surface area contributed by atoms with Gasteiger partial charge >= 0.3 is 0 Å². The second kappa shape index (κ2) is 3.46. The molecule has 0 bridgehead atoms. The molecule has 0 amide bonds. The number of carbonyl (C=O) groups is 1. The molecule has 0 saturated heterocycles. The molecule has 1 atom stereocenters. The van der Waals surface area contributed by atoms with E-state index in [9.17, 15) is 14.9 Å². The molecule has 0 unspecified atom stereocenters. The molecule has 4 nitrogen and oxygen atoms in total. The maximum atomic E-state index is 11.0. The van der Waals surface area contributed by atoms with E-state index in [1.54, 1.807) is 0 Å². The lowest BCUT2D eigenvalue weighted by Gasteiger charge is -2.02. The molecule has 0 N–H and O–H groups in total. The van der Waals surface area contributed by atoms with Crippen LogP contribution in [0.5, 0.6) is 0 Å². The predicted molar refractivity (Wildman–Crippen MR) is 38.9 cm³/mol. The van der Waals surface area contributed by atoms with Gasteiger partial charge in [0.2, 0.25) is 5.78 Å². The number of carbonyl (C=O) groups excluding carboxylic acids is 1. The van der Waals surface area contributed by atoms with Crippen LogP contribution in [0.4, 0.5) is 0 Å². The maximum absolute atomic E-state index is 11.0. The summed E-state index contributed by atoms with van der Waals surface area (Å²) < 4.78 is 0. The number of ketones is 1. The zero-order chi connectivity index (χ0) is 8.27. The number of hydrogen-bond acceptors (Lipinski definition) is 3. The molecule has 1 rings (SSSR count). The van der Waals surface area contributed by atoms with Crippen molar-refractivity contribution in [3.63, 3.8) is 0 Å². The van der Waals surface area contributed by atoms with Crippen LogP contribution in [0.15, 0.2) is 0 Å². The fraction of sp³-hybridized carbons (Fsp3) is 0.857. The Morgan fingerprint density at radius 3 is 2.73 bits per heavy atom. The van der Waals surface area contributed by atoms with Crippen LogP contribution >= 0.6 is 0 Å². The largest absolute Gasteiger partial charge is 0.292 e. The molecule has 0 aromatic heterocycles. The lowest BCUT2D eigenvalue weighted by atomic mass is 10.1. The van der Waals surface area contributed by atoms with E-state index in [0.717, 1.165) is 19.3 Å². The summed E-state index contributed by atoms with van der Waals surface area (Å²) in [6.45, 7) is 0. The van der Waals surface area contributed by atoms with Crippen molar-refractivity contribution in [1.29, 1.82) is 0 Å². The number of hydrogen-bond donors (Lipinski definition) is 0. The fourth-order valence-corrected chi connectivity index (χ4v) is 1.36. The minimum Gasteiger partial charge on any atom is -0.292 e. The monoisotopic (exact) mass is 157 g/mol. The van der Waals surface area contributed by atoms with Gasteiger partial charge in [0.25, 0.3) is 6.04 Å². The molecule has 1 saturated carbocycles. The van der Waals surface area contributed by atoms with Crippen LogP contribution in [0.3, 0.4) is 0 Å². The van der Waals surface area contributed by atoms with Crippen LogP contribution in [0.25, 0.3) is 0 Å². The van der Waals surface area contributed by atoms with Crippen molar-refractivity contribution in [2.75, 3.05) is 0 Å². The van der Waals surface area contributed by atoms with Crippen molar-refractivity contribution in [3.05, 3.63) is 10.1 Å². The molecule has 0 heterocycles. The summed E-state index contributed by atoms with van der Waals surface area (Å²) in [6.07, 6.45) is 3.42. The van der Waals surface area contributed by atoms with Crippen molar-refractivity contribution in [1.82, 2.24) is 0 Å². The van der Waals surface area contributed by atoms with Crippen molar-refractivity contribution < 1.29 is 9.72 Å². The second-order valence-corrected chi connectivity index (χ2v) is 2.87. The Balaban J connectivity index is 2.59. The maximum Gasteiger partial charge on any atom is 0.270 e. The van der Waals surface area contributed by atoms with Gasteiger partial charge in [-0.15, -0.1) is 0 Å². The Morgan fingerprint density at radius 2 is 2.09 bits per heavy atom. The molecule has 0 spiro atoms. The first kappa shape index (κ1) is 8.17. The van der Waals surface area contributed by atoms with Gasteiger partial charge in [0.05, 0.1) is 0 Å². The van der Waals surface area contributed by atoms with Gasteiger partial charge in [0.1, 0.15) is 0 Å². The first-order valence-corrected chi connectivity index (χ1v) is 3.88. The SMILES string of the molecule is O=C1CCCCC[C@@H]1[N+](=O)[O-]. The average Bonchev–Trinajstić information content (AvgIpc) is 2.13. The van der Waals surface area contributed by atoms with E-state index in [4.69, 9.17) is 0 Å². The second-order valence-electron chi connectivity index (χ2n) is 2.87. The fourth-order valence-electron chi connectivity index (χ4n) is 1.36. The molecular weight excluding hydrogens is 146 g/mol. The zero-order valence-electron chi connectivity index (χ0n) is 6.28. The summed E-state index contributed by atoms with van der Waals surface area (Å²) >= 11 is 0. The van der Waals surface area contributed by atoms with Crippen molar-refractivity contribution in [2.24, 2.45) is 0 Å². The van der Waals surface area contributed by atoms with Crippen LogP contribution < -0.4 is 0 Å². The summed E-state index contributed by atoms with van der Waals surface area (Å²) in [7, 11) is 0. The summed E-state index contributed by atoms with van der Waals surface area (Å²) in [5.74, 6) is -0.187. The number of nitro groups is 1. The van der Waals surface area contributed by atoms with E-state index in [0.29, 0.717) is 12.8 Å². The molecule has 1 aliphatic rings. The highest BCUT2D eigenvalue weighted by Crippen LogP contribution is 2.16. The third kappa shape index (κ3) is 2.00. The van der Waals surface area contributed by atoms with Crippen LogP contribution in [-0.4, -0.2) is 16.7 Å². The van der Waals surface area contributed by atoms with E-state index in [2.05, 4.69) is 0 Å². The lowest BCUT2D eigenvalue weighted by Crippen LogP contribution is -2.27.